The Morgan fingerprint density at radius 1 is 0.433 bits per heavy atom. The van der Waals surface area contributed by atoms with E-state index in [0.29, 0.717) is 35.7 Å². The molecular weight excluding hydrogens is 781 g/mol. The van der Waals surface area contributed by atoms with E-state index >= 15 is 0 Å². The molecule has 8 heteroatoms. The summed E-state index contributed by atoms with van der Waals surface area (Å²) in [5.41, 5.74) is 10.9. The summed E-state index contributed by atoms with van der Waals surface area (Å²) in [6.07, 6.45) is 1.71. The van der Waals surface area contributed by atoms with Crippen molar-refractivity contribution in [1.82, 2.24) is 9.80 Å². The molecule has 0 saturated carbocycles. The first-order valence-corrected chi connectivity index (χ1v) is 22.0. The number of rotatable bonds is 6. The monoisotopic (exact) mass is 850 g/mol. The lowest BCUT2D eigenvalue weighted by Crippen LogP contribution is -2.26. The van der Waals surface area contributed by atoms with E-state index in [0.717, 1.165) is 78.3 Å². The number of aromatic hydroxyl groups is 2. The van der Waals surface area contributed by atoms with E-state index < -0.39 is 0 Å². The minimum absolute atomic E-state index is 0.193. The largest absolute Gasteiger partial charge is 0.507 e. The van der Waals surface area contributed by atoms with Gasteiger partial charge < -0.3 is 29.5 Å². The quantitative estimate of drug-likeness (QED) is 0.164. The van der Waals surface area contributed by atoms with Crippen LogP contribution in [0.5, 0.6) is 23.0 Å². The normalized spacial score (nSPS) is 13.5. The molecule has 5 rings (SSSR count). The number of benzene rings is 4. The van der Waals surface area contributed by atoms with Crippen LogP contribution >= 0.6 is 24.4 Å². The third-order valence-electron chi connectivity index (χ3n) is 11.7. The van der Waals surface area contributed by atoms with Crippen LogP contribution in [-0.4, -0.2) is 71.4 Å². The van der Waals surface area contributed by atoms with Crippen molar-refractivity contribution < 1.29 is 19.7 Å². The Morgan fingerprint density at radius 2 is 0.633 bits per heavy atom. The smallest absolute Gasteiger partial charge is 0.138 e. The van der Waals surface area contributed by atoms with Crippen LogP contribution in [-0.2, 0) is 47.3 Å². The first-order chi connectivity index (χ1) is 27.5. The standard InChI is InChI=1S/C52H70N2O4S2/c1-49(2,3)39-21-31-17-35-25-41(51(7,8)9)27-37(47(35)57-29-43(59)53(13)14)19-33-23-40(50(4,5)6)24-34(46(33)56)20-38-28-42(52(10,11)12)26-36(18-32(22-39)45(31)55)48(38)58-30-44(60)54(15)16/h21-28,55-56H,17-20,29-30H2,1-16H3. The number of phenols is 2. The van der Waals surface area contributed by atoms with Crippen molar-refractivity contribution in [2.75, 3.05) is 41.4 Å². The zero-order valence-electron chi connectivity index (χ0n) is 39.3. The Bertz CT molecular complexity index is 2020. The fourth-order valence-electron chi connectivity index (χ4n) is 7.54. The molecule has 0 aliphatic heterocycles. The van der Waals surface area contributed by atoms with Gasteiger partial charge in [0.25, 0.3) is 0 Å². The van der Waals surface area contributed by atoms with E-state index in [4.69, 9.17) is 33.9 Å². The van der Waals surface area contributed by atoms with Crippen molar-refractivity contribution in [3.05, 3.63) is 115 Å². The fraction of sp³-hybridized carbons (Fsp3) is 0.500. The molecule has 0 fully saturated rings. The fourth-order valence-corrected chi connectivity index (χ4v) is 7.66. The highest BCUT2D eigenvalue weighted by Gasteiger charge is 2.29. The first kappa shape index (κ1) is 46.9. The SMILES string of the molecule is CN(C)C(=S)COc1c2cc(C(C)(C)C)cc1Cc1cc(C(C)(C)C)cc(c1O)Cc1cc(C(C)(C)C)cc(c1OCC(=S)N(C)C)Cc1cc(C(C)(C)C)cc(c1O)C2. The van der Waals surface area contributed by atoms with Gasteiger partial charge >= 0.3 is 0 Å². The molecule has 6 nitrogen and oxygen atoms in total. The van der Waals surface area contributed by atoms with Gasteiger partial charge in [-0.25, -0.2) is 0 Å². The van der Waals surface area contributed by atoms with Crippen LogP contribution < -0.4 is 9.47 Å². The number of thiocarbonyl (C=S) groups is 2. The molecule has 1 aliphatic rings. The Kier molecular flexibility index (Phi) is 13.5. The molecule has 0 radical (unpaired) electrons. The van der Waals surface area contributed by atoms with Crippen LogP contribution in [0.2, 0.25) is 0 Å². The topological polar surface area (TPSA) is 65.4 Å². The summed E-state index contributed by atoms with van der Waals surface area (Å²) in [5, 5.41) is 25.0. The van der Waals surface area contributed by atoms with E-state index in [1.807, 2.05) is 38.0 Å². The maximum atomic E-state index is 12.5. The van der Waals surface area contributed by atoms with Gasteiger partial charge in [-0.15, -0.1) is 0 Å². The van der Waals surface area contributed by atoms with Gasteiger partial charge in [0.15, 0.2) is 0 Å². The molecular formula is C52H70N2O4S2. The van der Waals surface area contributed by atoms with Crippen LogP contribution in [0.1, 0.15) is 150 Å². The molecule has 324 valence electrons. The number of ether oxygens (including phenoxy) is 2. The minimum Gasteiger partial charge on any atom is -0.507 e. The summed E-state index contributed by atoms with van der Waals surface area (Å²) < 4.78 is 13.6. The number of likely N-dealkylation sites (N-methyl/N-ethyl adjacent to an activating group) is 2. The predicted molar refractivity (Wildman–Crippen MR) is 259 cm³/mol. The van der Waals surface area contributed by atoms with E-state index in [1.54, 1.807) is 0 Å². The van der Waals surface area contributed by atoms with E-state index in [1.165, 1.54) is 0 Å². The Balaban J connectivity index is 1.95. The number of phenolic OH excluding ortho intramolecular Hbond substituents is 2. The second kappa shape index (κ2) is 17.3. The van der Waals surface area contributed by atoms with Crippen LogP contribution in [0.3, 0.4) is 0 Å². The number of hydrogen-bond acceptors (Lipinski definition) is 6. The second-order valence-electron chi connectivity index (χ2n) is 21.4. The zero-order valence-corrected chi connectivity index (χ0v) is 40.9. The van der Waals surface area contributed by atoms with Crippen molar-refractivity contribution in [2.24, 2.45) is 0 Å². The molecule has 0 aromatic heterocycles. The first-order valence-electron chi connectivity index (χ1n) is 21.2. The number of fused-ring (bicyclic) bond motifs is 8. The highest BCUT2D eigenvalue weighted by molar-refractivity contribution is 7.80. The number of hydrogen-bond donors (Lipinski definition) is 2. The summed E-state index contributed by atoms with van der Waals surface area (Å²) >= 11 is 11.5. The van der Waals surface area contributed by atoms with Crippen molar-refractivity contribution in [3.63, 3.8) is 0 Å². The molecule has 0 heterocycles. The highest BCUT2D eigenvalue weighted by atomic mass is 32.1. The average Bonchev–Trinajstić information content (AvgIpc) is 3.11. The minimum atomic E-state index is -0.200. The second-order valence-corrected chi connectivity index (χ2v) is 22.3. The Hall–Kier alpha value is -4.14. The molecule has 0 unspecified atom stereocenters. The molecule has 8 bridgehead atoms. The van der Waals surface area contributed by atoms with Gasteiger partial charge in [-0.2, -0.15) is 0 Å². The van der Waals surface area contributed by atoms with E-state index in [2.05, 4.69) is 132 Å². The average molecular weight is 851 g/mol. The summed E-state index contributed by atoms with van der Waals surface area (Å²) in [6.45, 7) is 27.1. The Labute approximate surface area is 372 Å². The van der Waals surface area contributed by atoms with Crippen LogP contribution in [0.4, 0.5) is 0 Å². The van der Waals surface area contributed by atoms with Gasteiger partial charge in [-0.05, 0) is 88.4 Å². The predicted octanol–water partition coefficient (Wildman–Crippen LogP) is 11.5. The zero-order chi connectivity index (χ0) is 44.9. The maximum absolute atomic E-state index is 12.5. The maximum Gasteiger partial charge on any atom is 0.138 e. The molecule has 0 atom stereocenters. The third-order valence-corrected chi connectivity index (χ3v) is 12.7. The molecule has 1 aliphatic carbocycles. The van der Waals surface area contributed by atoms with Crippen LogP contribution in [0.15, 0.2) is 48.5 Å². The Morgan fingerprint density at radius 3 is 0.817 bits per heavy atom. The van der Waals surface area contributed by atoms with E-state index in [-0.39, 0.29) is 46.4 Å². The van der Waals surface area contributed by atoms with Gasteiger partial charge in [0.2, 0.25) is 0 Å². The van der Waals surface area contributed by atoms with Crippen molar-refractivity contribution in [2.45, 2.75) is 130 Å². The van der Waals surface area contributed by atoms with Crippen molar-refractivity contribution in [1.29, 1.82) is 0 Å². The molecule has 0 saturated heterocycles. The van der Waals surface area contributed by atoms with Crippen molar-refractivity contribution in [3.8, 4) is 23.0 Å². The molecule has 0 amide bonds. The molecule has 4 aromatic carbocycles. The van der Waals surface area contributed by atoms with Gasteiger partial charge in [-0.3, -0.25) is 0 Å². The van der Waals surface area contributed by atoms with Crippen molar-refractivity contribution >= 4 is 34.4 Å². The summed E-state index contributed by atoms with van der Waals surface area (Å²) in [7, 11) is 7.73. The number of nitrogens with zero attached hydrogens (tertiary/aromatic N) is 2. The van der Waals surface area contributed by atoms with Crippen LogP contribution in [0, 0.1) is 0 Å². The lowest BCUT2D eigenvalue weighted by Gasteiger charge is -2.28. The third kappa shape index (κ3) is 10.8. The summed E-state index contributed by atoms with van der Waals surface area (Å²) in [6, 6.07) is 17.6. The van der Waals surface area contributed by atoms with Gasteiger partial charge in [0.05, 0.1) is 0 Å². The van der Waals surface area contributed by atoms with Crippen LogP contribution in [0.25, 0.3) is 0 Å². The lowest BCUT2D eigenvalue weighted by molar-refractivity contribution is 0.355. The van der Waals surface area contributed by atoms with Gasteiger partial charge in [0, 0.05) is 53.9 Å². The molecule has 4 aromatic rings. The molecule has 0 spiro atoms. The molecule has 2 N–H and O–H groups in total. The highest BCUT2D eigenvalue weighted by Crippen LogP contribution is 2.44. The lowest BCUT2D eigenvalue weighted by atomic mass is 9.79. The van der Waals surface area contributed by atoms with Gasteiger partial charge in [0.1, 0.15) is 46.2 Å². The van der Waals surface area contributed by atoms with Gasteiger partial charge in [-0.1, -0.05) is 156 Å². The molecule has 60 heavy (non-hydrogen) atoms. The van der Waals surface area contributed by atoms with E-state index in [9.17, 15) is 10.2 Å². The summed E-state index contributed by atoms with van der Waals surface area (Å²) in [4.78, 5) is 5.15. The summed E-state index contributed by atoms with van der Waals surface area (Å²) in [5.74, 6) is 2.00.